The van der Waals surface area contributed by atoms with Gasteiger partial charge < -0.3 is 14.4 Å². The number of benzene rings is 1. The minimum Gasteiger partial charge on any atom is -0.480 e. The molecule has 1 N–H and O–H groups in total. The zero-order valence-electron chi connectivity index (χ0n) is 15.5. The van der Waals surface area contributed by atoms with Crippen LogP contribution in [0.3, 0.4) is 0 Å². The molecule has 1 aliphatic heterocycles. The molecule has 1 aromatic carbocycles. The Kier molecular flexibility index (Phi) is 5.15. The van der Waals surface area contributed by atoms with Gasteiger partial charge >= 0.3 is 5.97 Å². The summed E-state index contributed by atoms with van der Waals surface area (Å²) in [6.07, 6.45) is 6.61. The highest BCUT2D eigenvalue weighted by Crippen LogP contribution is 2.40. The Balaban J connectivity index is 1.42. The maximum Gasteiger partial charge on any atom is 0.326 e. The molecule has 1 saturated heterocycles. The number of nitrogens with zero attached hydrogens (tertiary/aromatic N) is 2. The number of aliphatic carboxylic acids is 1. The highest BCUT2D eigenvalue weighted by molar-refractivity contribution is 5.85. The predicted octanol–water partition coefficient (Wildman–Crippen LogP) is 3.66. The van der Waals surface area contributed by atoms with E-state index in [0.717, 1.165) is 25.7 Å². The maximum atomic E-state index is 13.0. The van der Waals surface area contributed by atoms with Crippen molar-refractivity contribution in [1.82, 2.24) is 9.88 Å². The van der Waals surface area contributed by atoms with Crippen molar-refractivity contribution < 1.29 is 23.5 Å². The summed E-state index contributed by atoms with van der Waals surface area (Å²) in [6, 6.07) is 5.23. The van der Waals surface area contributed by atoms with Crippen LogP contribution >= 0.6 is 0 Å². The van der Waals surface area contributed by atoms with E-state index in [1.165, 1.54) is 12.1 Å². The second kappa shape index (κ2) is 7.73. The lowest BCUT2D eigenvalue weighted by molar-refractivity contribution is -0.149. The number of aryl methyl sites for hydroxylation is 1. The standard InChI is InChI=1S/C21H23FN2O4/c22-15-7-5-13(6-8-15)18-12-23-19(28-18)9-10-20(25)24-16-4-2-1-3-14(16)11-17(24)21(26)27/h5-8,12,14,16-17H,1-4,9-11H2,(H,26,27)/t14-,16+,17+/m1/s1. The molecule has 4 rings (SSSR count). The van der Waals surface area contributed by atoms with E-state index in [2.05, 4.69) is 4.98 Å². The summed E-state index contributed by atoms with van der Waals surface area (Å²) in [6.45, 7) is 0. The number of halogens is 1. The van der Waals surface area contributed by atoms with Crippen LogP contribution in [-0.4, -0.2) is 39.0 Å². The molecule has 0 radical (unpaired) electrons. The van der Waals surface area contributed by atoms with Gasteiger partial charge in [0.2, 0.25) is 5.91 Å². The first-order chi connectivity index (χ1) is 13.5. The topological polar surface area (TPSA) is 83.6 Å². The number of fused-ring (bicyclic) bond motifs is 1. The van der Waals surface area contributed by atoms with E-state index in [1.54, 1.807) is 23.2 Å². The Morgan fingerprint density at radius 1 is 1.21 bits per heavy atom. The van der Waals surface area contributed by atoms with Crippen molar-refractivity contribution in [2.75, 3.05) is 0 Å². The zero-order chi connectivity index (χ0) is 19.7. The van der Waals surface area contributed by atoms with Gasteiger partial charge in [0.1, 0.15) is 11.9 Å². The molecule has 2 aliphatic rings. The number of carboxylic acids is 1. The predicted molar refractivity (Wildman–Crippen MR) is 98.9 cm³/mol. The fourth-order valence-corrected chi connectivity index (χ4v) is 4.56. The first kappa shape index (κ1) is 18.7. The molecule has 0 unspecified atom stereocenters. The third-order valence-corrected chi connectivity index (χ3v) is 5.90. The summed E-state index contributed by atoms with van der Waals surface area (Å²) in [5, 5.41) is 9.56. The van der Waals surface area contributed by atoms with Crippen molar-refractivity contribution in [3.8, 4) is 11.3 Å². The zero-order valence-corrected chi connectivity index (χ0v) is 15.5. The molecular formula is C21H23FN2O4. The van der Waals surface area contributed by atoms with Crippen molar-refractivity contribution in [3.63, 3.8) is 0 Å². The lowest BCUT2D eigenvalue weighted by Crippen LogP contribution is -2.46. The Hall–Kier alpha value is -2.70. The Labute approximate surface area is 162 Å². The molecule has 1 aliphatic carbocycles. The van der Waals surface area contributed by atoms with E-state index < -0.39 is 12.0 Å². The van der Waals surface area contributed by atoms with Crippen LogP contribution < -0.4 is 0 Å². The van der Waals surface area contributed by atoms with Crippen molar-refractivity contribution in [1.29, 1.82) is 0 Å². The van der Waals surface area contributed by atoms with Crippen LogP contribution in [0.4, 0.5) is 4.39 Å². The Morgan fingerprint density at radius 2 is 1.96 bits per heavy atom. The molecule has 0 spiro atoms. The third-order valence-electron chi connectivity index (χ3n) is 5.90. The van der Waals surface area contributed by atoms with Crippen LogP contribution in [0.5, 0.6) is 0 Å². The van der Waals surface area contributed by atoms with E-state index in [9.17, 15) is 19.1 Å². The van der Waals surface area contributed by atoms with E-state index in [0.29, 0.717) is 36.0 Å². The van der Waals surface area contributed by atoms with Gasteiger partial charge in [-0.05, 0) is 49.4 Å². The molecule has 7 heteroatoms. The molecule has 2 fully saturated rings. The largest absolute Gasteiger partial charge is 0.480 e. The van der Waals surface area contributed by atoms with Gasteiger partial charge in [-0.1, -0.05) is 12.8 Å². The minimum atomic E-state index is -0.919. The summed E-state index contributed by atoms with van der Waals surface area (Å²) in [4.78, 5) is 30.3. The molecule has 6 nitrogen and oxygen atoms in total. The van der Waals surface area contributed by atoms with Gasteiger partial charge in [0.05, 0.1) is 6.20 Å². The second-order valence-electron chi connectivity index (χ2n) is 7.63. The minimum absolute atomic E-state index is 0.0432. The lowest BCUT2D eigenvalue weighted by atomic mass is 9.84. The number of aromatic nitrogens is 1. The summed E-state index contributed by atoms with van der Waals surface area (Å²) < 4.78 is 18.7. The van der Waals surface area contributed by atoms with Crippen molar-refractivity contribution in [2.24, 2.45) is 5.92 Å². The highest BCUT2D eigenvalue weighted by Gasteiger charge is 2.47. The molecule has 28 heavy (non-hydrogen) atoms. The number of carbonyl (C=O) groups excluding carboxylic acids is 1. The van der Waals surface area contributed by atoms with Crippen LogP contribution in [-0.2, 0) is 16.0 Å². The Morgan fingerprint density at radius 3 is 2.71 bits per heavy atom. The summed E-state index contributed by atoms with van der Waals surface area (Å²) in [5.74, 6) is -0.168. The van der Waals surface area contributed by atoms with Crippen LogP contribution in [0, 0.1) is 11.7 Å². The molecule has 148 valence electrons. The fraction of sp³-hybridized carbons (Fsp3) is 0.476. The smallest absolute Gasteiger partial charge is 0.326 e. The Bertz CT molecular complexity index is 864. The lowest BCUT2D eigenvalue weighted by Gasteiger charge is -2.33. The van der Waals surface area contributed by atoms with Gasteiger partial charge in [0.25, 0.3) is 0 Å². The van der Waals surface area contributed by atoms with Crippen LogP contribution in [0.25, 0.3) is 11.3 Å². The number of carboxylic acid groups (broad SMARTS) is 1. The molecule has 1 saturated carbocycles. The summed E-state index contributed by atoms with van der Waals surface area (Å²) in [7, 11) is 0. The van der Waals surface area contributed by atoms with Gasteiger partial charge in [-0.25, -0.2) is 14.2 Å². The van der Waals surface area contributed by atoms with Crippen LogP contribution in [0.15, 0.2) is 34.9 Å². The molecular weight excluding hydrogens is 363 g/mol. The van der Waals surface area contributed by atoms with Gasteiger partial charge in [0, 0.05) is 24.4 Å². The van der Waals surface area contributed by atoms with Gasteiger partial charge in [0.15, 0.2) is 11.7 Å². The third kappa shape index (κ3) is 3.66. The molecule has 2 aromatic rings. The van der Waals surface area contributed by atoms with Gasteiger partial charge in [-0.15, -0.1) is 0 Å². The number of hydrogen-bond donors (Lipinski definition) is 1. The molecule has 3 atom stereocenters. The fourth-order valence-electron chi connectivity index (χ4n) is 4.56. The number of likely N-dealkylation sites (tertiary alicyclic amines) is 1. The normalized spacial score (nSPS) is 24.2. The second-order valence-corrected chi connectivity index (χ2v) is 7.63. The number of rotatable bonds is 5. The number of oxazole rings is 1. The van der Waals surface area contributed by atoms with Gasteiger partial charge in [-0.3, -0.25) is 4.79 Å². The van der Waals surface area contributed by atoms with E-state index >= 15 is 0 Å². The number of amides is 1. The molecule has 2 heterocycles. The average Bonchev–Trinajstić information content (AvgIpc) is 3.31. The first-order valence-electron chi connectivity index (χ1n) is 9.77. The molecule has 1 aromatic heterocycles. The number of hydrogen-bond acceptors (Lipinski definition) is 4. The van der Waals surface area contributed by atoms with Gasteiger partial charge in [-0.2, -0.15) is 0 Å². The van der Waals surface area contributed by atoms with E-state index in [4.69, 9.17) is 4.42 Å². The molecule has 1 amide bonds. The summed E-state index contributed by atoms with van der Waals surface area (Å²) >= 11 is 0. The van der Waals surface area contributed by atoms with E-state index in [1.807, 2.05) is 0 Å². The number of carbonyl (C=O) groups is 2. The highest BCUT2D eigenvalue weighted by atomic mass is 19.1. The van der Waals surface area contributed by atoms with Crippen molar-refractivity contribution in [3.05, 3.63) is 42.2 Å². The molecule has 0 bridgehead atoms. The monoisotopic (exact) mass is 386 g/mol. The van der Waals surface area contributed by atoms with E-state index in [-0.39, 0.29) is 24.2 Å². The first-order valence-corrected chi connectivity index (χ1v) is 9.77. The van der Waals surface area contributed by atoms with Crippen molar-refractivity contribution in [2.45, 2.75) is 57.0 Å². The van der Waals surface area contributed by atoms with Crippen LogP contribution in [0.1, 0.15) is 44.4 Å². The SMILES string of the molecule is O=C(O)[C@@H]1C[C@H]2CCCC[C@@H]2N1C(=O)CCc1ncc(-c2ccc(F)cc2)o1. The quantitative estimate of drug-likeness (QED) is 0.848. The average molecular weight is 386 g/mol. The summed E-state index contributed by atoms with van der Waals surface area (Å²) in [5.41, 5.74) is 0.710. The maximum absolute atomic E-state index is 13.0. The van der Waals surface area contributed by atoms with Crippen molar-refractivity contribution >= 4 is 11.9 Å². The van der Waals surface area contributed by atoms with Crippen LogP contribution in [0.2, 0.25) is 0 Å².